The number of rotatable bonds is 4. The molecule has 0 aliphatic heterocycles. The Balaban J connectivity index is 1.21. The van der Waals surface area contributed by atoms with Gasteiger partial charge >= 0.3 is 0 Å². The molecule has 0 N–H and O–H groups in total. The highest BCUT2D eigenvalue weighted by molar-refractivity contribution is 6.00. The molecule has 0 fully saturated rings. The quantitative estimate of drug-likeness (QED) is 0.188. The van der Waals surface area contributed by atoms with E-state index in [-0.39, 0.29) is 5.92 Å². The van der Waals surface area contributed by atoms with Gasteiger partial charge in [-0.3, -0.25) is 0 Å². The van der Waals surface area contributed by atoms with E-state index in [1.807, 2.05) is 42.5 Å². The van der Waals surface area contributed by atoms with Gasteiger partial charge in [0.05, 0.1) is 51.3 Å². The summed E-state index contributed by atoms with van der Waals surface area (Å²) in [6.07, 6.45) is 18.4. The summed E-state index contributed by atoms with van der Waals surface area (Å²) in [6.45, 7) is 2.15. The van der Waals surface area contributed by atoms with Crippen LogP contribution in [0.15, 0.2) is 121 Å². The Bertz CT molecular complexity index is 2790. The van der Waals surface area contributed by atoms with E-state index in [0.29, 0.717) is 23.1 Å². The van der Waals surface area contributed by atoms with Crippen LogP contribution < -0.4 is 0 Å². The van der Waals surface area contributed by atoms with Gasteiger partial charge in [-0.25, -0.2) is 0 Å². The molecule has 246 valence electrons. The lowest BCUT2D eigenvalue weighted by Crippen LogP contribution is -2.13. The molecule has 0 saturated carbocycles. The summed E-state index contributed by atoms with van der Waals surface area (Å²) in [5.74, 6) is 0.0676. The largest absolute Gasteiger partial charge is 0.312 e. The summed E-state index contributed by atoms with van der Waals surface area (Å²) in [5, 5.41) is 33.6. The second-order valence-electron chi connectivity index (χ2n) is 13.7. The molecule has 6 aromatic rings. The van der Waals surface area contributed by atoms with Crippen molar-refractivity contribution in [2.75, 3.05) is 0 Å². The highest BCUT2D eigenvalue weighted by atomic mass is 15.0. The highest BCUT2D eigenvalue weighted by Crippen LogP contribution is 2.44. The van der Waals surface area contributed by atoms with Crippen LogP contribution in [-0.2, 0) is 12.8 Å². The number of hydrogen-bond acceptors (Lipinski definition) is 3. The van der Waals surface area contributed by atoms with Crippen LogP contribution in [0.2, 0.25) is 0 Å². The minimum atomic E-state index is 0.0676. The van der Waals surface area contributed by atoms with Crippen LogP contribution in [0.4, 0.5) is 0 Å². The number of aromatic nitrogens is 2. The normalized spacial score (nSPS) is 16.2. The zero-order valence-electron chi connectivity index (χ0n) is 28.8. The third kappa shape index (κ3) is 4.74. The van der Waals surface area contributed by atoms with Crippen molar-refractivity contribution < 1.29 is 0 Å². The van der Waals surface area contributed by atoms with Gasteiger partial charge in [0.2, 0.25) is 0 Å². The number of fused-ring (bicyclic) bond motifs is 6. The third-order valence-electron chi connectivity index (χ3n) is 10.8. The second-order valence-corrected chi connectivity index (χ2v) is 13.7. The Morgan fingerprint density at radius 3 is 2.44 bits per heavy atom. The molecule has 0 amide bonds. The van der Waals surface area contributed by atoms with Crippen LogP contribution >= 0.6 is 0 Å². The van der Waals surface area contributed by atoms with Gasteiger partial charge in [0.15, 0.2) is 0 Å². The minimum Gasteiger partial charge on any atom is -0.312 e. The van der Waals surface area contributed by atoms with Crippen molar-refractivity contribution in [3.8, 4) is 35.0 Å². The smallest absolute Gasteiger partial charge is 0.102 e. The highest BCUT2D eigenvalue weighted by Gasteiger charge is 2.29. The van der Waals surface area contributed by atoms with E-state index in [9.17, 15) is 15.8 Å². The molecule has 0 spiro atoms. The first-order valence-electron chi connectivity index (χ1n) is 17.8. The van der Waals surface area contributed by atoms with Gasteiger partial charge in [-0.1, -0.05) is 91.9 Å². The molecule has 3 aliphatic carbocycles. The molecular formula is C47H33N5. The maximum atomic E-state index is 10.9. The van der Waals surface area contributed by atoms with Gasteiger partial charge in [-0.15, -0.1) is 0 Å². The average molecular weight is 668 g/mol. The van der Waals surface area contributed by atoms with Crippen molar-refractivity contribution in [2.24, 2.45) is 5.92 Å². The summed E-state index contributed by atoms with van der Waals surface area (Å²) < 4.78 is 4.55. The number of para-hydroxylation sites is 2. The molecule has 1 atom stereocenters. The molecule has 3 aliphatic rings. The van der Waals surface area contributed by atoms with Crippen LogP contribution in [0.3, 0.4) is 0 Å². The standard InChI is InChI=1S/C47H33N5/c1-30-19-23-46(52-44-15-4-2-3-11-38(44)39-25-31(27-48)20-24-45(39)52)40(29-50)47(30)32-21-22-34(33(26-32)28-49)35-12-5-8-16-41(35)51-42-17-9-6-13-36(42)37-14-7-10-18-43(37)51/h2-6,8-13,16-18,20-26,30H,7,14-15,19H2,1H3. The second kappa shape index (κ2) is 12.5. The molecule has 9 rings (SSSR count). The summed E-state index contributed by atoms with van der Waals surface area (Å²) in [5.41, 5.74) is 14.2. The summed E-state index contributed by atoms with van der Waals surface area (Å²) in [7, 11) is 0. The number of benzene rings is 4. The monoisotopic (exact) mass is 667 g/mol. The molecular weight excluding hydrogens is 635 g/mol. The van der Waals surface area contributed by atoms with Crippen LogP contribution in [0.1, 0.15) is 59.0 Å². The summed E-state index contributed by atoms with van der Waals surface area (Å²) in [4.78, 5) is 0. The van der Waals surface area contributed by atoms with E-state index in [0.717, 1.165) is 80.6 Å². The Hall–Kier alpha value is -6.87. The molecule has 5 nitrogen and oxygen atoms in total. The van der Waals surface area contributed by atoms with Gasteiger partial charge < -0.3 is 9.13 Å². The fraction of sp³-hybridized carbons (Fsp3) is 0.128. The first-order chi connectivity index (χ1) is 25.6. The van der Waals surface area contributed by atoms with E-state index in [1.54, 1.807) is 0 Å². The van der Waals surface area contributed by atoms with Crippen LogP contribution in [0.25, 0.3) is 62.0 Å². The minimum absolute atomic E-state index is 0.0676. The van der Waals surface area contributed by atoms with Gasteiger partial charge in [0.25, 0.3) is 0 Å². The van der Waals surface area contributed by atoms with Crippen molar-refractivity contribution in [2.45, 2.75) is 32.6 Å². The zero-order chi connectivity index (χ0) is 35.3. The summed E-state index contributed by atoms with van der Waals surface area (Å²) >= 11 is 0. The predicted molar refractivity (Wildman–Crippen MR) is 210 cm³/mol. The number of aryl methyl sites for hydroxylation is 1. The molecule has 4 aromatic carbocycles. The molecule has 1 unspecified atom stereocenters. The number of hydrogen-bond donors (Lipinski definition) is 0. The number of allylic oxidation sites excluding steroid dienone is 8. The molecule has 0 radical (unpaired) electrons. The fourth-order valence-corrected chi connectivity index (χ4v) is 8.53. The number of nitrogens with zero attached hydrogens (tertiary/aromatic N) is 5. The first-order valence-corrected chi connectivity index (χ1v) is 17.8. The molecule has 5 heteroatoms. The topological polar surface area (TPSA) is 81.2 Å². The van der Waals surface area contributed by atoms with E-state index >= 15 is 0 Å². The Morgan fingerprint density at radius 2 is 1.58 bits per heavy atom. The maximum absolute atomic E-state index is 10.9. The van der Waals surface area contributed by atoms with E-state index in [4.69, 9.17) is 0 Å². The van der Waals surface area contributed by atoms with E-state index in [2.05, 4.69) is 119 Å². The van der Waals surface area contributed by atoms with Crippen LogP contribution in [0, 0.1) is 39.9 Å². The molecule has 52 heavy (non-hydrogen) atoms. The van der Waals surface area contributed by atoms with Gasteiger partial charge in [0.1, 0.15) is 6.07 Å². The third-order valence-corrected chi connectivity index (χ3v) is 10.8. The first kappa shape index (κ1) is 31.1. The lowest BCUT2D eigenvalue weighted by Gasteiger charge is -2.26. The maximum Gasteiger partial charge on any atom is 0.102 e. The van der Waals surface area contributed by atoms with Gasteiger partial charge in [-0.05, 0) is 84.4 Å². The van der Waals surface area contributed by atoms with Crippen LogP contribution in [-0.4, -0.2) is 9.13 Å². The Morgan fingerprint density at radius 1 is 0.731 bits per heavy atom. The molecule has 2 heterocycles. The van der Waals surface area contributed by atoms with E-state index < -0.39 is 0 Å². The van der Waals surface area contributed by atoms with Crippen molar-refractivity contribution in [3.05, 3.63) is 160 Å². The average Bonchev–Trinajstić information content (AvgIpc) is 3.56. The van der Waals surface area contributed by atoms with Crippen molar-refractivity contribution in [1.29, 1.82) is 15.8 Å². The van der Waals surface area contributed by atoms with Crippen molar-refractivity contribution >= 4 is 45.2 Å². The van der Waals surface area contributed by atoms with Crippen LogP contribution in [0.5, 0.6) is 0 Å². The lowest BCUT2D eigenvalue weighted by atomic mass is 9.81. The SMILES string of the molecule is CC1CC=C(n2c3c(c4cc(C#N)ccc42)C=CC=CC3)C(C#N)=C1c1ccc(-c2ccccc2-n2c3c(c4ccccc42)CCC=C3)c(C#N)c1. The fourth-order valence-electron chi connectivity index (χ4n) is 8.53. The molecule has 0 bridgehead atoms. The van der Waals surface area contributed by atoms with Crippen molar-refractivity contribution in [3.63, 3.8) is 0 Å². The molecule has 2 aromatic heterocycles. The summed E-state index contributed by atoms with van der Waals surface area (Å²) in [6, 6.07) is 36.2. The van der Waals surface area contributed by atoms with E-state index in [1.165, 1.54) is 16.6 Å². The van der Waals surface area contributed by atoms with Crippen molar-refractivity contribution in [1.82, 2.24) is 9.13 Å². The van der Waals surface area contributed by atoms with Gasteiger partial charge in [-0.2, -0.15) is 15.8 Å². The number of nitriles is 3. The molecule has 0 saturated heterocycles. The Kier molecular flexibility index (Phi) is 7.47. The predicted octanol–water partition coefficient (Wildman–Crippen LogP) is 10.9. The van der Waals surface area contributed by atoms with Gasteiger partial charge in [0, 0.05) is 45.3 Å². The Labute approximate surface area is 302 Å². The zero-order valence-corrected chi connectivity index (χ0v) is 28.8. The lowest BCUT2D eigenvalue weighted by molar-refractivity contribution is 0.751.